The van der Waals surface area contributed by atoms with E-state index in [4.69, 9.17) is 0 Å². The van der Waals surface area contributed by atoms with Crippen LogP contribution in [0.4, 0.5) is 0 Å². The van der Waals surface area contributed by atoms with Crippen molar-refractivity contribution in [2.75, 3.05) is 0 Å². The van der Waals surface area contributed by atoms with Crippen molar-refractivity contribution >= 4 is 12.1 Å². The molecule has 2 aromatic rings. The summed E-state index contributed by atoms with van der Waals surface area (Å²) in [5, 5.41) is 32.2. The normalized spacial score (nSPS) is 12.2. The number of rotatable bonds is 4. The lowest BCUT2D eigenvalue weighted by atomic mass is 10.1. The SMILES string of the molecule is O=C(N/N=C/c1cc(O)ccc1O)[C@H](O)c1ccccc1. The van der Waals surface area contributed by atoms with E-state index in [9.17, 15) is 20.1 Å². The van der Waals surface area contributed by atoms with Gasteiger partial charge in [-0.25, -0.2) is 5.43 Å². The van der Waals surface area contributed by atoms with E-state index < -0.39 is 12.0 Å². The molecule has 0 fully saturated rings. The van der Waals surface area contributed by atoms with Crippen LogP contribution in [0.2, 0.25) is 0 Å². The summed E-state index contributed by atoms with van der Waals surface area (Å²) < 4.78 is 0. The first kappa shape index (κ1) is 14.5. The Balaban J connectivity index is 2.01. The van der Waals surface area contributed by atoms with Crippen molar-refractivity contribution in [2.45, 2.75) is 6.10 Å². The number of hydrogen-bond acceptors (Lipinski definition) is 5. The molecule has 4 N–H and O–H groups in total. The fourth-order valence-electron chi connectivity index (χ4n) is 1.66. The van der Waals surface area contributed by atoms with Crippen molar-refractivity contribution in [1.29, 1.82) is 0 Å². The number of hydrogen-bond donors (Lipinski definition) is 4. The number of aliphatic hydroxyl groups is 1. The van der Waals surface area contributed by atoms with Gasteiger partial charge in [0.1, 0.15) is 11.5 Å². The molecule has 2 rings (SSSR count). The zero-order valence-electron chi connectivity index (χ0n) is 11.0. The van der Waals surface area contributed by atoms with E-state index in [1.165, 1.54) is 24.4 Å². The Morgan fingerprint density at radius 2 is 1.86 bits per heavy atom. The first-order chi connectivity index (χ1) is 10.1. The number of amides is 1. The van der Waals surface area contributed by atoms with Gasteiger partial charge in [0.25, 0.3) is 5.91 Å². The topological polar surface area (TPSA) is 102 Å². The third-order valence-electron chi connectivity index (χ3n) is 2.75. The number of phenolic OH excluding ortho intramolecular Hbond substituents is 2. The third kappa shape index (κ3) is 3.80. The summed E-state index contributed by atoms with van der Waals surface area (Å²) >= 11 is 0. The number of phenols is 2. The van der Waals surface area contributed by atoms with Crippen molar-refractivity contribution in [3.05, 3.63) is 59.7 Å². The van der Waals surface area contributed by atoms with Crippen LogP contribution in [-0.4, -0.2) is 27.4 Å². The molecule has 0 unspecified atom stereocenters. The molecule has 0 spiro atoms. The highest BCUT2D eigenvalue weighted by molar-refractivity contribution is 5.87. The fourth-order valence-corrected chi connectivity index (χ4v) is 1.66. The average molecular weight is 286 g/mol. The van der Waals surface area contributed by atoms with Gasteiger partial charge in [-0.05, 0) is 23.8 Å². The highest BCUT2D eigenvalue weighted by Crippen LogP contribution is 2.20. The number of benzene rings is 2. The number of aliphatic hydroxyl groups excluding tert-OH is 1. The number of nitrogens with one attached hydrogen (secondary N) is 1. The molecule has 0 saturated heterocycles. The van der Waals surface area contributed by atoms with Gasteiger partial charge in [0.2, 0.25) is 0 Å². The summed E-state index contributed by atoms with van der Waals surface area (Å²) in [4.78, 5) is 11.7. The lowest BCUT2D eigenvalue weighted by Crippen LogP contribution is -2.25. The lowest BCUT2D eigenvalue weighted by Gasteiger charge is -2.08. The largest absolute Gasteiger partial charge is 0.508 e. The highest BCUT2D eigenvalue weighted by atomic mass is 16.3. The second kappa shape index (κ2) is 6.53. The van der Waals surface area contributed by atoms with Gasteiger partial charge in [-0.15, -0.1) is 0 Å². The van der Waals surface area contributed by atoms with Gasteiger partial charge in [0.15, 0.2) is 6.10 Å². The molecule has 0 aromatic heterocycles. The van der Waals surface area contributed by atoms with Gasteiger partial charge in [-0.3, -0.25) is 4.79 Å². The van der Waals surface area contributed by atoms with E-state index in [1.54, 1.807) is 30.3 Å². The molecule has 108 valence electrons. The quantitative estimate of drug-likeness (QED) is 0.386. The van der Waals surface area contributed by atoms with Gasteiger partial charge in [-0.1, -0.05) is 30.3 Å². The van der Waals surface area contributed by atoms with Crippen molar-refractivity contribution in [1.82, 2.24) is 5.43 Å². The summed E-state index contributed by atoms with van der Waals surface area (Å²) in [5.74, 6) is -0.823. The number of carbonyl (C=O) groups is 1. The van der Waals surface area contributed by atoms with Crippen molar-refractivity contribution in [2.24, 2.45) is 5.10 Å². The molecule has 6 heteroatoms. The van der Waals surface area contributed by atoms with Crippen LogP contribution in [0.25, 0.3) is 0 Å². The highest BCUT2D eigenvalue weighted by Gasteiger charge is 2.15. The Morgan fingerprint density at radius 3 is 2.57 bits per heavy atom. The summed E-state index contributed by atoms with van der Waals surface area (Å²) in [6.45, 7) is 0. The Morgan fingerprint density at radius 1 is 1.14 bits per heavy atom. The van der Waals surface area contributed by atoms with Crippen LogP contribution in [0.15, 0.2) is 53.6 Å². The van der Waals surface area contributed by atoms with Crippen molar-refractivity contribution in [3.63, 3.8) is 0 Å². The van der Waals surface area contributed by atoms with Gasteiger partial charge >= 0.3 is 0 Å². The molecular formula is C15H14N2O4. The molecule has 0 aliphatic rings. The minimum absolute atomic E-state index is 0.0371. The zero-order valence-corrected chi connectivity index (χ0v) is 11.0. The minimum Gasteiger partial charge on any atom is -0.508 e. The van der Waals surface area contributed by atoms with Crippen LogP contribution in [0, 0.1) is 0 Å². The van der Waals surface area contributed by atoms with Crippen molar-refractivity contribution < 1.29 is 20.1 Å². The first-order valence-corrected chi connectivity index (χ1v) is 6.16. The van der Waals surface area contributed by atoms with Gasteiger partial charge in [0.05, 0.1) is 6.21 Å². The molecule has 0 aliphatic heterocycles. The van der Waals surface area contributed by atoms with Gasteiger partial charge in [0, 0.05) is 5.56 Å². The van der Waals surface area contributed by atoms with Crippen LogP contribution in [0.1, 0.15) is 17.2 Å². The molecule has 1 amide bonds. The minimum atomic E-state index is -1.33. The molecule has 0 radical (unpaired) electrons. The van der Waals surface area contributed by atoms with E-state index >= 15 is 0 Å². The Labute approximate surface area is 121 Å². The van der Waals surface area contributed by atoms with Crippen LogP contribution in [-0.2, 0) is 4.79 Å². The maximum atomic E-state index is 11.7. The van der Waals surface area contributed by atoms with E-state index in [-0.39, 0.29) is 17.1 Å². The summed E-state index contributed by atoms with van der Waals surface area (Å²) in [6, 6.07) is 12.3. The van der Waals surface area contributed by atoms with E-state index in [0.717, 1.165) is 0 Å². The van der Waals surface area contributed by atoms with E-state index in [2.05, 4.69) is 10.5 Å². The number of aromatic hydroxyl groups is 2. The first-order valence-electron chi connectivity index (χ1n) is 6.16. The number of carbonyl (C=O) groups excluding carboxylic acids is 1. The molecule has 21 heavy (non-hydrogen) atoms. The Hall–Kier alpha value is -2.86. The predicted molar refractivity (Wildman–Crippen MR) is 76.9 cm³/mol. The molecule has 0 heterocycles. The smallest absolute Gasteiger partial charge is 0.273 e. The predicted octanol–water partition coefficient (Wildman–Crippen LogP) is 1.28. The van der Waals surface area contributed by atoms with Crippen LogP contribution < -0.4 is 5.43 Å². The standard InChI is InChI=1S/C15H14N2O4/c18-12-6-7-13(19)11(8-12)9-16-17-15(21)14(20)10-4-2-1-3-5-10/h1-9,14,18-20H,(H,17,21)/b16-9+/t14-/m1/s1. The van der Waals surface area contributed by atoms with E-state index in [1.807, 2.05) is 0 Å². The van der Waals surface area contributed by atoms with Crippen LogP contribution >= 0.6 is 0 Å². The third-order valence-corrected chi connectivity index (χ3v) is 2.75. The monoisotopic (exact) mass is 286 g/mol. The van der Waals surface area contributed by atoms with Crippen LogP contribution in [0.5, 0.6) is 11.5 Å². The van der Waals surface area contributed by atoms with Crippen LogP contribution in [0.3, 0.4) is 0 Å². The summed E-state index contributed by atoms with van der Waals surface area (Å²) in [7, 11) is 0. The summed E-state index contributed by atoms with van der Waals surface area (Å²) in [5.41, 5.74) is 2.85. The average Bonchev–Trinajstić information content (AvgIpc) is 2.50. The van der Waals surface area contributed by atoms with Gasteiger partial charge in [-0.2, -0.15) is 5.10 Å². The summed E-state index contributed by atoms with van der Waals surface area (Å²) in [6.07, 6.45) is -0.161. The molecule has 0 bridgehead atoms. The van der Waals surface area contributed by atoms with E-state index in [0.29, 0.717) is 5.56 Å². The van der Waals surface area contributed by atoms with Gasteiger partial charge < -0.3 is 15.3 Å². The molecular weight excluding hydrogens is 272 g/mol. The number of nitrogens with zero attached hydrogens (tertiary/aromatic N) is 1. The Bertz CT molecular complexity index is 656. The molecule has 1 atom stereocenters. The molecule has 0 aliphatic carbocycles. The number of hydrazone groups is 1. The second-order valence-corrected chi connectivity index (χ2v) is 4.29. The molecule has 6 nitrogen and oxygen atoms in total. The lowest BCUT2D eigenvalue weighted by molar-refractivity contribution is -0.129. The maximum absolute atomic E-state index is 11.7. The molecule has 0 saturated carbocycles. The molecule has 2 aromatic carbocycles. The van der Waals surface area contributed by atoms with Crippen molar-refractivity contribution in [3.8, 4) is 11.5 Å². The fraction of sp³-hybridized carbons (Fsp3) is 0.0667. The zero-order chi connectivity index (χ0) is 15.2. The maximum Gasteiger partial charge on any atom is 0.273 e. The Kier molecular flexibility index (Phi) is 4.53. The second-order valence-electron chi connectivity index (χ2n) is 4.29.